The molecule has 5 rings (SSSR count). The highest BCUT2D eigenvalue weighted by Gasteiger charge is 2.22. The normalized spacial score (nSPS) is 15.6. The second kappa shape index (κ2) is 8.94. The van der Waals surface area contributed by atoms with E-state index in [0.717, 1.165) is 36.6 Å². The maximum Gasteiger partial charge on any atom is 0.318 e. The van der Waals surface area contributed by atoms with Gasteiger partial charge in [0.25, 0.3) is 5.56 Å². The molecule has 32 heavy (non-hydrogen) atoms. The number of ether oxygens (including phenoxy) is 2. The van der Waals surface area contributed by atoms with Crippen LogP contribution in [-0.2, 0) is 13.1 Å². The summed E-state index contributed by atoms with van der Waals surface area (Å²) >= 11 is 0. The van der Waals surface area contributed by atoms with Gasteiger partial charge in [0.2, 0.25) is 6.79 Å². The van der Waals surface area contributed by atoms with Crippen molar-refractivity contribution in [1.29, 1.82) is 0 Å². The Balaban J connectivity index is 1.42. The molecule has 1 aromatic heterocycles. The maximum absolute atomic E-state index is 13.2. The highest BCUT2D eigenvalue weighted by Crippen LogP contribution is 2.35. The second-order valence-electron chi connectivity index (χ2n) is 8.54. The molecule has 0 radical (unpaired) electrons. The number of aromatic amines is 1. The predicted molar refractivity (Wildman–Crippen MR) is 122 cm³/mol. The molecule has 1 aliphatic heterocycles. The number of urea groups is 1. The molecular formula is C25H27N3O4. The topological polar surface area (TPSA) is 83.7 Å². The van der Waals surface area contributed by atoms with Crippen molar-refractivity contribution in [2.24, 2.45) is 0 Å². The lowest BCUT2D eigenvalue weighted by molar-refractivity contribution is 0.174. The van der Waals surface area contributed by atoms with Gasteiger partial charge in [-0.3, -0.25) is 4.79 Å². The van der Waals surface area contributed by atoms with E-state index in [1.807, 2.05) is 42.5 Å². The van der Waals surface area contributed by atoms with Crippen molar-refractivity contribution in [2.45, 2.75) is 51.2 Å². The minimum Gasteiger partial charge on any atom is -0.454 e. The van der Waals surface area contributed by atoms with E-state index in [1.54, 1.807) is 11.0 Å². The summed E-state index contributed by atoms with van der Waals surface area (Å²) in [6.07, 6.45) is 5.53. The second-order valence-corrected chi connectivity index (χ2v) is 8.54. The number of nitrogens with one attached hydrogen (secondary N) is 2. The Labute approximate surface area is 186 Å². The fraction of sp³-hybridized carbons (Fsp3) is 0.360. The van der Waals surface area contributed by atoms with Crippen molar-refractivity contribution in [1.82, 2.24) is 15.2 Å². The van der Waals surface area contributed by atoms with Crippen LogP contribution < -0.4 is 20.3 Å². The summed E-state index contributed by atoms with van der Waals surface area (Å²) in [5.41, 5.74) is 2.03. The number of hydrogen-bond acceptors (Lipinski definition) is 4. The zero-order valence-electron chi connectivity index (χ0n) is 17.9. The molecule has 0 saturated heterocycles. The SMILES string of the molecule is O=C(NC1CCCCC1)N(Cc1ccccc1)Cc1cc2cc3c(cc2[nH]c1=O)OCO3. The molecule has 2 N–H and O–H groups in total. The third kappa shape index (κ3) is 4.42. The van der Waals surface area contributed by atoms with E-state index in [4.69, 9.17) is 9.47 Å². The van der Waals surface area contributed by atoms with Gasteiger partial charge < -0.3 is 24.7 Å². The van der Waals surface area contributed by atoms with E-state index in [0.29, 0.717) is 29.1 Å². The molecule has 7 heteroatoms. The van der Waals surface area contributed by atoms with Crippen LogP contribution in [0.2, 0.25) is 0 Å². The highest BCUT2D eigenvalue weighted by molar-refractivity contribution is 5.83. The quantitative estimate of drug-likeness (QED) is 0.628. The van der Waals surface area contributed by atoms with Gasteiger partial charge in [-0.15, -0.1) is 0 Å². The van der Waals surface area contributed by atoms with E-state index < -0.39 is 0 Å². The molecule has 1 fully saturated rings. The van der Waals surface area contributed by atoms with Crippen LogP contribution in [0, 0.1) is 0 Å². The molecule has 0 atom stereocenters. The molecule has 0 unspecified atom stereocenters. The van der Waals surface area contributed by atoms with Crippen molar-refractivity contribution in [3.05, 3.63) is 70.0 Å². The first kappa shape index (κ1) is 20.4. The van der Waals surface area contributed by atoms with Gasteiger partial charge in [-0.25, -0.2) is 4.79 Å². The smallest absolute Gasteiger partial charge is 0.318 e. The standard InChI is InChI=1S/C25H27N3O4/c29-24-19(11-18-12-22-23(32-16-31-22)13-21(18)27-24)15-28(14-17-7-3-1-4-8-17)25(30)26-20-9-5-2-6-10-20/h1,3-4,7-8,11-13,20H,2,5-6,9-10,14-16H2,(H,26,30)(H,27,29). The van der Waals surface area contributed by atoms with E-state index in [9.17, 15) is 9.59 Å². The Bertz CT molecular complexity index is 1170. The zero-order chi connectivity index (χ0) is 21.9. The third-order valence-corrected chi connectivity index (χ3v) is 6.21. The molecule has 1 saturated carbocycles. The summed E-state index contributed by atoms with van der Waals surface area (Å²) in [6, 6.07) is 15.4. The number of fused-ring (bicyclic) bond motifs is 2. The van der Waals surface area contributed by atoms with Crippen molar-refractivity contribution in [3.8, 4) is 11.5 Å². The fourth-order valence-corrected chi connectivity index (χ4v) is 4.48. The third-order valence-electron chi connectivity index (χ3n) is 6.21. The van der Waals surface area contributed by atoms with Crippen LogP contribution in [0.15, 0.2) is 53.3 Å². The number of rotatable bonds is 5. The minimum absolute atomic E-state index is 0.133. The Morgan fingerprint density at radius 3 is 2.53 bits per heavy atom. The largest absolute Gasteiger partial charge is 0.454 e. The van der Waals surface area contributed by atoms with Gasteiger partial charge in [-0.1, -0.05) is 49.6 Å². The number of carbonyl (C=O) groups excluding carboxylic acids is 1. The first-order valence-electron chi connectivity index (χ1n) is 11.2. The van der Waals surface area contributed by atoms with Gasteiger partial charge in [-0.05, 0) is 30.5 Å². The van der Waals surface area contributed by atoms with Crippen LogP contribution in [0.4, 0.5) is 4.79 Å². The van der Waals surface area contributed by atoms with Gasteiger partial charge in [0.05, 0.1) is 12.1 Å². The van der Waals surface area contributed by atoms with Crippen LogP contribution in [0.1, 0.15) is 43.2 Å². The van der Waals surface area contributed by atoms with Crippen LogP contribution >= 0.6 is 0 Å². The van der Waals surface area contributed by atoms with Crippen molar-refractivity contribution in [2.75, 3.05) is 6.79 Å². The number of pyridine rings is 1. The molecule has 2 aromatic carbocycles. The van der Waals surface area contributed by atoms with Crippen molar-refractivity contribution >= 4 is 16.9 Å². The number of benzene rings is 2. The molecule has 2 aliphatic rings. The van der Waals surface area contributed by atoms with E-state index in [2.05, 4.69) is 10.3 Å². The summed E-state index contributed by atoms with van der Waals surface area (Å²) in [4.78, 5) is 30.7. The van der Waals surface area contributed by atoms with Gasteiger partial charge in [0, 0.05) is 29.6 Å². The first-order valence-corrected chi connectivity index (χ1v) is 11.2. The van der Waals surface area contributed by atoms with Gasteiger partial charge in [-0.2, -0.15) is 0 Å². The van der Waals surface area contributed by atoms with Crippen molar-refractivity contribution < 1.29 is 14.3 Å². The number of hydrogen-bond donors (Lipinski definition) is 2. The molecule has 2 heterocycles. The van der Waals surface area contributed by atoms with Crippen LogP contribution in [-0.4, -0.2) is 28.7 Å². The Morgan fingerprint density at radius 2 is 1.75 bits per heavy atom. The maximum atomic E-state index is 13.2. The summed E-state index contributed by atoms with van der Waals surface area (Å²) in [7, 11) is 0. The minimum atomic E-state index is -0.208. The fourth-order valence-electron chi connectivity index (χ4n) is 4.48. The Morgan fingerprint density at radius 1 is 1.00 bits per heavy atom. The summed E-state index contributed by atoms with van der Waals surface area (Å²) in [6.45, 7) is 0.820. The summed E-state index contributed by atoms with van der Waals surface area (Å²) < 4.78 is 10.9. The van der Waals surface area contributed by atoms with Crippen LogP contribution in [0.3, 0.4) is 0 Å². The number of aromatic nitrogens is 1. The summed E-state index contributed by atoms with van der Waals surface area (Å²) in [5.74, 6) is 1.28. The van der Waals surface area contributed by atoms with Gasteiger partial charge >= 0.3 is 6.03 Å². The average molecular weight is 434 g/mol. The first-order chi connectivity index (χ1) is 15.7. The molecular weight excluding hydrogens is 406 g/mol. The van der Waals surface area contributed by atoms with Gasteiger partial charge in [0.1, 0.15) is 0 Å². The summed E-state index contributed by atoms with van der Waals surface area (Å²) in [5, 5.41) is 4.03. The average Bonchev–Trinajstić information content (AvgIpc) is 3.26. The number of amides is 2. The van der Waals surface area contributed by atoms with Crippen LogP contribution in [0.5, 0.6) is 11.5 Å². The molecule has 3 aromatic rings. The monoisotopic (exact) mass is 433 g/mol. The molecule has 7 nitrogen and oxygen atoms in total. The van der Waals surface area contributed by atoms with Gasteiger partial charge in [0.15, 0.2) is 11.5 Å². The van der Waals surface area contributed by atoms with E-state index in [1.165, 1.54) is 6.42 Å². The van der Waals surface area contributed by atoms with E-state index >= 15 is 0 Å². The zero-order valence-corrected chi connectivity index (χ0v) is 17.9. The molecule has 2 amide bonds. The predicted octanol–water partition coefficient (Wildman–Crippen LogP) is 4.30. The lowest BCUT2D eigenvalue weighted by Gasteiger charge is -2.28. The molecule has 166 valence electrons. The van der Waals surface area contributed by atoms with Crippen molar-refractivity contribution in [3.63, 3.8) is 0 Å². The lowest BCUT2D eigenvalue weighted by Crippen LogP contribution is -2.45. The molecule has 0 spiro atoms. The Hall–Kier alpha value is -3.48. The highest BCUT2D eigenvalue weighted by atomic mass is 16.7. The molecule has 0 bridgehead atoms. The van der Waals surface area contributed by atoms with E-state index in [-0.39, 0.29) is 31.0 Å². The lowest BCUT2D eigenvalue weighted by atomic mass is 9.96. The number of carbonyl (C=O) groups is 1. The number of H-pyrrole nitrogens is 1. The number of nitrogens with zero attached hydrogens (tertiary/aromatic N) is 1. The Kier molecular flexibility index (Phi) is 5.71. The van der Waals surface area contributed by atoms with Crippen LogP contribution in [0.25, 0.3) is 10.9 Å². The molecule has 1 aliphatic carbocycles.